The van der Waals surface area contributed by atoms with Crippen LogP contribution in [0.4, 0.5) is 17.1 Å². The standard InChI is InChI=1S/C19H20N2O/c22-19(13-15-7-4-5-8-15)21-18-12-6-11-17(14-18)20-16-9-2-1-3-10-16/h1-4,6-7,9-12,14-15,20H,5,8,13H2,(H,21,22). The van der Waals surface area contributed by atoms with Gasteiger partial charge < -0.3 is 10.6 Å². The third-order valence-electron chi connectivity index (χ3n) is 3.77. The third kappa shape index (κ3) is 3.98. The van der Waals surface area contributed by atoms with E-state index in [9.17, 15) is 4.79 Å². The predicted molar refractivity (Wildman–Crippen MR) is 91.3 cm³/mol. The summed E-state index contributed by atoms with van der Waals surface area (Å²) in [6.45, 7) is 0. The van der Waals surface area contributed by atoms with Gasteiger partial charge in [0.15, 0.2) is 0 Å². The van der Waals surface area contributed by atoms with Gasteiger partial charge in [0.25, 0.3) is 0 Å². The Morgan fingerprint density at radius 2 is 1.77 bits per heavy atom. The molecule has 3 rings (SSSR count). The van der Waals surface area contributed by atoms with Crippen molar-refractivity contribution in [2.45, 2.75) is 19.3 Å². The molecule has 0 bridgehead atoms. The summed E-state index contributed by atoms with van der Waals surface area (Å²) >= 11 is 0. The molecule has 22 heavy (non-hydrogen) atoms. The monoisotopic (exact) mass is 292 g/mol. The zero-order valence-electron chi connectivity index (χ0n) is 12.5. The summed E-state index contributed by atoms with van der Waals surface area (Å²) in [5.74, 6) is 0.471. The number of amides is 1. The van der Waals surface area contributed by atoms with Crippen molar-refractivity contribution in [2.24, 2.45) is 5.92 Å². The van der Waals surface area contributed by atoms with Crippen molar-refractivity contribution in [3.05, 3.63) is 66.7 Å². The first-order valence-electron chi connectivity index (χ1n) is 7.68. The molecule has 1 aliphatic rings. The van der Waals surface area contributed by atoms with Crippen molar-refractivity contribution < 1.29 is 4.79 Å². The van der Waals surface area contributed by atoms with Gasteiger partial charge in [0, 0.05) is 23.5 Å². The zero-order chi connectivity index (χ0) is 15.2. The Morgan fingerprint density at radius 3 is 2.55 bits per heavy atom. The topological polar surface area (TPSA) is 41.1 Å². The van der Waals surface area contributed by atoms with E-state index >= 15 is 0 Å². The van der Waals surface area contributed by atoms with E-state index < -0.39 is 0 Å². The quantitative estimate of drug-likeness (QED) is 0.782. The van der Waals surface area contributed by atoms with Gasteiger partial charge in [-0.25, -0.2) is 0 Å². The van der Waals surface area contributed by atoms with Crippen molar-refractivity contribution in [1.29, 1.82) is 0 Å². The summed E-state index contributed by atoms with van der Waals surface area (Å²) in [5.41, 5.74) is 2.82. The highest BCUT2D eigenvalue weighted by atomic mass is 16.1. The number of hydrogen-bond donors (Lipinski definition) is 2. The van der Waals surface area contributed by atoms with Crippen LogP contribution in [0.15, 0.2) is 66.7 Å². The highest BCUT2D eigenvalue weighted by molar-refractivity contribution is 5.91. The van der Waals surface area contributed by atoms with Crippen LogP contribution in [0.25, 0.3) is 0 Å². The summed E-state index contributed by atoms with van der Waals surface area (Å²) in [7, 11) is 0. The van der Waals surface area contributed by atoms with E-state index in [1.807, 2.05) is 54.6 Å². The average Bonchev–Trinajstić information content (AvgIpc) is 3.01. The largest absolute Gasteiger partial charge is 0.355 e. The molecule has 1 aliphatic carbocycles. The van der Waals surface area contributed by atoms with E-state index in [4.69, 9.17) is 0 Å². The first-order chi connectivity index (χ1) is 10.8. The number of carbonyl (C=O) groups is 1. The predicted octanol–water partition coefficient (Wildman–Crippen LogP) is 4.73. The van der Waals surface area contributed by atoms with E-state index in [-0.39, 0.29) is 5.91 Å². The molecule has 2 aromatic carbocycles. The van der Waals surface area contributed by atoms with E-state index in [1.54, 1.807) is 0 Å². The number of anilines is 3. The summed E-state index contributed by atoms with van der Waals surface area (Å²) in [6, 6.07) is 17.8. The maximum atomic E-state index is 12.1. The molecule has 3 nitrogen and oxygen atoms in total. The lowest BCUT2D eigenvalue weighted by Gasteiger charge is -2.11. The molecule has 0 saturated heterocycles. The van der Waals surface area contributed by atoms with Crippen LogP contribution < -0.4 is 10.6 Å². The maximum absolute atomic E-state index is 12.1. The second-order valence-electron chi connectivity index (χ2n) is 5.59. The summed E-state index contributed by atoms with van der Waals surface area (Å²) in [4.78, 5) is 12.1. The van der Waals surface area contributed by atoms with Crippen molar-refractivity contribution in [1.82, 2.24) is 0 Å². The molecule has 1 atom stereocenters. The minimum atomic E-state index is 0.0772. The van der Waals surface area contributed by atoms with Crippen molar-refractivity contribution in [3.63, 3.8) is 0 Å². The fraction of sp³-hybridized carbons (Fsp3) is 0.211. The number of hydrogen-bond acceptors (Lipinski definition) is 2. The van der Waals surface area contributed by atoms with Crippen LogP contribution in [0.5, 0.6) is 0 Å². The molecule has 1 amide bonds. The minimum absolute atomic E-state index is 0.0772. The average molecular weight is 292 g/mol. The van der Waals surface area contributed by atoms with Gasteiger partial charge in [-0.2, -0.15) is 0 Å². The van der Waals surface area contributed by atoms with Gasteiger partial charge in [0.2, 0.25) is 5.91 Å². The van der Waals surface area contributed by atoms with Gasteiger partial charge in [-0.3, -0.25) is 4.79 Å². The van der Waals surface area contributed by atoms with E-state index in [2.05, 4.69) is 22.8 Å². The Labute approximate surface area is 131 Å². The van der Waals surface area contributed by atoms with Gasteiger partial charge in [0.1, 0.15) is 0 Å². The molecule has 3 heteroatoms. The number of benzene rings is 2. The van der Waals surface area contributed by atoms with Gasteiger partial charge in [-0.05, 0) is 49.1 Å². The Morgan fingerprint density at radius 1 is 1.00 bits per heavy atom. The molecular weight excluding hydrogens is 272 g/mol. The maximum Gasteiger partial charge on any atom is 0.224 e. The van der Waals surface area contributed by atoms with Crippen LogP contribution in [-0.4, -0.2) is 5.91 Å². The lowest BCUT2D eigenvalue weighted by molar-refractivity contribution is -0.116. The van der Waals surface area contributed by atoms with Gasteiger partial charge in [0.05, 0.1) is 0 Å². The summed E-state index contributed by atoms with van der Waals surface area (Å²) in [5, 5.41) is 6.31. The minimum Gasteiger partial charge on any atom is -0.355 e. The molecule has 2 aromatic rings. The fourth-order valence-corrected chi connectivity index (χ4v) is 2.68. The van der Waals surface area contributed by atoms with Crippen molar-refractivity contribution in [3.8, 4) is 0 Å². The van der Waals surface area contributed by atoms with Crippen LogP contribution in [0, 0.1) is 5.92 Å². The number of nitrogens with one attached hydrogen (secondary N) is 2. The van der Waals surface area contributed by atoms with Crippen LogP contribution in [0.3, 0.4) is 0 Å². The molecule has 0 saturated carbocycles. The summed E-state index contributed by atoms with van der Waals surface area (Å²) in [6.07, 6.45) is 7.04. The van der Waals surface area contributed by atoms with Crippen LogP contribution >= 0.6 is 0 Å². The number of para-hydroxylation sites is 1. The second kappa shape index (κ2) is 6.94. The number of allylic oxidation sites excluding steroid dienone is 2. The molecule has 0 fully saturated rings. The van der Waals surface area contributed by atoms with Crippen LogP contribution in [-0.2, 0) is 4.79 Å². The molecule has 0 radical (unpaired) electrons. The van der Waals surface area contributed by atoms with Crippen molar-refractivity contribution in [2.75, 3.05) is 10.6 Å². The Hall–Kier alpha value is -2.55. The molecule has 0 aromatic heterocycles. The lowest BCUT2D eigenvalue weighted by Crippen LogP contribution is -2.14. The first kappa shape index (κ1) is 14.4. The highest BCUT2D eigenvalue weighted by Gasteiger charge is 2.14. The van der Waals surface area contributed by atoms with Crippen LogP contribution in [0.1, 0.15) is 19.3 Å². The van der Waals surface area contributed by atoms with E-state index in [1.165, 1.54) is 0 Å². The molecular formula is C19H20N2O. The Balaban J connectivity index is 1.61. The molecule has 112 valence electrons. The first-order valence-corrected chi connectivity index (χ1v) is 7.68. The third-order valence-corrected chi connectivity index (χ3v) is 3.77. The number of rotatable bonds is 5. The zero-order valence-corrected chi connectivity index (χ0v) is 12.5. The summed E-state index contributed by atoms with van der Waals surface area (Å²) < 4.78 is 0. The molecule has 0 spiro atoms. The highest BCUT2D eigenvalue weighted by Crippen LogP contribution is 2.23. The van der Waals surface area contributed by atoms with E-state index in [0.29, 0.717) is 12.3 Å². The lowest BCUT2D eigenvalue weighted by atomic mass is 10.1. The van der Waals surface area contributed by atoms with Gasteiger partial charge >= 0.3 is 0 Å². The number of carbonyl (C=O) groups excluding carboxylic acids is 1. The molecule has 2 N–H and O–H groups in total. The molecule has 0 aliphatic heterocycles. The van der Waals surface area contributed by atoms with Crippen molar-refractivity contribution >= 4 is 23.0 Å². The smallest absolute Gasteiger partial charge is 0.224 e. The Kier molecular flexibility index (Phi) is 4.54. The van der Waals surface area contributed by atoms with Gasteiger partial charge in [-0.15, -0.1) is 0 Å². The van der Waals surface area contributed by atoms with Gasteiger partial charge in [-0.1, -0.05) is 36.4 Å². The van der Waals surface area contributed by atoms with Crippen LogP contribution in [0.2, 0.25) is 0 Å². The molecule has 1 unspecified atom stereocenters. The normalized spacial score (nSPS) is 16.5. The SMILES string of the molecule is O=C(CC1C=CCC1)Nc1cccc(Nc2ccccc2)c1. The Bertz CT molecular complexity index is 664. The molecule has 0 heterocycles. The fourth-order valence-electron chi connectivity index (χ4n) is 2.68. The second-order valence-corrected chi connectivity index (χ2v) is 5.59. The van der Waals surface area contributed by atoms with E-state index in [0.717, 1.165) is 29.9 Å².